The molecule has 2 heterocycles. The van der Waals surface area contributed by atoms with Crippen molar-refractivity contribution in [1.29, 1.82) is 0 Å². The van der Waals surface area contributed by atoms with Crippen LogP contribution in [0.2, 0.25) is 0 Å². The lowest BCUT2D eigenvalue weighted by atomic mass is 10.1. The standard InChI is InChI=1S/C8H9NO4S/c1-13-5-6(10)9-4(8(11)12)2-3-14-7(5)9/h2,5,7H,3H2,1H3,(H,11,12)/t5-,7+/m0/s1. The van der Waals surface area contributed by atoms with Gasteiger partial charge in [-0.25, -0.2) is 4.79 Å². The predicted molar refractivity (Wildman–Crippen MR) is 49.6 cm³/mol. The highest BCUT2D eigenvalue weighted by atomic mass is 32.2. The summed E-state index contributed by atoms with van der Waals surface area (Å²) in [6, 6.07) is 0. The number of nitrogens with zero attached hydrogens (tertiary/aromatic N) is 1. The molecule has 1 saturated heterocycles. The van der Waals surface area contributed by atoms with Crippen molar-refractivity contribution in [3.8, 4) is 0 Å². The molecule has 0 saturated carbocycles. The molecule has 1 N–H and O–H groups in total. The predicted octanol–water partition coefficient (Wildman–Crippen LogP) is -0.115. The van der Waals surface area contributed by atoms with Crippen molar-refractivity contribution < 1.29 is 19.4 Å². The fourth-order valence-electron chi connectivity index (χ4n) is 1.59. The Morgan fingerprint density at radius 3 is 3.07 bits per heavy atom. The third-order valence-corrected chi connectivity index (χ3v) is 3.43. The van der Waals surface area contributed by atoms with E-state index in [-0.39, 0.29) is 17.0 Å². The maximum absolute atomic E-state index is 11.4. The molecular weight excluding hydrogens is 206 g/mol. The number of hydrogen-bond donors (Lipinski definition) is 1. The molecule has 0 bridgehead atoms. The second kappa shape index (κ2) is 3.29. The first-order chi connectivity index (χ1) is 6.66. The van der Waals surface area contributed by atoms with E-state index in [1.807, 2.05) is 0 Å². The van der Waals surface area contributed by atoms with Crippen LogP contribution >= 0.6 is 11.8 Å². The zero-order valence-corrected chi connectivity index (χ0v) is 8.28. The summed E-state index contributed by atoms with van der Waals surface area (Å²) in [4.78, 5) is 23.5. The van der Waals surface area contributed by atoms with Gasteiger partial charge in [0.25, 0.3) is 5.91 Å². The number of methoxy groups -OCH3 is 1. The lowest BCUT2D eigenvalue weighted by molar-refractivity contribution is -0.161. The van der Waals surface area contributed by atoms with Crippen LogP contribution in [0.15, 0.2) is 11.8 Å². The second-order valence-electron chi connectivity index (χ2n) is 2.98. The van der Waals surface area contributed by atoms with Gasteiger partial charge in [-0.15, -0.1) is 11.8 Å². The molecule has 0 radical (unpaired) electrons. The zero-order valence-electron chi connectivity index (χ0n) is 7.47. The molecule has 2 aliphatic heterocycles. The zero-order chi connectivity index (χ0) is 10.3. The summed E-state index contributed by atoms with van der Waals surface area (Å²) in [5.74, 6) is -0.716. The van der Waals surface area contributed by atoms with Crippen molar-refractivity contribution in [1.82, 2.24) is 4.90 Å². The molecule has 0 aromatic heterocycles. The maximum Gasteiger partial charge on any atom is 0.352 e. The average molecular weight is 215 g/mol. The Bertz CT molecular complexity index is 327. The number of rotatable bonds is 2. The number of carboxylic acid groups (broad SMARTS) is 1. The van der Waals surface area contributed by atoms with Crippen molar-refractivity contribution in [2.45, 2.75) is 11.5 Å². The molecule has 1 fully saturated rings. The number of carboxylic acids is 1. The number of ether oxygens (including phenoxy) is 1. The van der Waals surface area contributed by atoms with Gasteiger partial charge in [-0.1, -0.05) is 0 Å². The van der Waals surface area contributed by atoms with Crippen LogP contribution in [-0.2, 0) is 14.3 Å². The number of β-lactam (4-membered cyclic amide) rings is 1. The van der Waals surface area contributed by atoms with Crippen LogP contribution in [0.4, 0.5) is 0 Å². The molecule has 5 nitrogen and oxygen atoms in total. The molecular formula is C8H9NO4S. The van der Waals surface area contributed by atoms with E-state index in [1.165, 1.54) is 23.8 Å². The van der Waals surface area contributed by atoms with E-state index in [0.717, 1.165) is 0 Å². The lowest BCUT2D eigenvalue weighted by Gasteiger charge is -2.47. The highest BCUT2D eigenvalue weighted by molar-refractivity contribution is 8.00. The SMILES string of the molecule is CO[C@H]1C(=O)N2C(C(=O)O)=CCS[C@H]12. The highest BCUT2D eigenvalue weighted by Crippen LogP contribution is 2.38. The van der Waals surface area contributed by atoms with Crippen molar-refractivity contribution in [2.24, 2.45) is 0 Å². The minimum Gasteiger partial charge on any atom is -0.477 e. The van der Waals surface area contributed by atoms with Gasteiger partial charge in [0, 0.05) is 12.9 Å². The number of aliphatic carboxylic acids is 1. The largest absolute Gasteiger partial charge is 0.477 e. The van der Waals surface area contributed by atoms with Crippen LogP contribution in [0.25, 0.3) is 0 Å². The molecule has 0 aliphatic carbocycles. The summed E-state index contributed by atoms with van der Waals surface area (Å²) in [7, 11) is 1.46. The summed E-state index contributed by atoms with van der Waals surface area (Å²) >= 11 is 1.51. The Hall–Kier alpha value is -1.01. The molecule has 6 heteroatoms. The Labute approximate surface area is 84.7 Å². The highest BCUT2D eigenvalue weighted by Gasteiger charge is 2.52. The fourth-order valence-corrected chi connectivity index (χ4v) is 2.81. The van der Waals surface area contributed by atoms with Crippen LogP contribution < -0.4 is 0 Å². The van der Waals surface area contributed by atoms with E-state index >= 15 is 0 Å². The molecule has 0 aromatic carbocycles. The quantitative estimate of drug-likeness (QED) is 0.651. The van der Waals surface area contributed by atoms with Crippen LogP contribution in [0.3, 0.4) is 0 Å². The Balaban J connectivity index is 2.23. The molecule has 14 heavy (non-hydrogen) atoms. The van der Waals surface area contributed by atoms with Gasteiger partial charge in [0.2, 0.25) is 0 Å². The molecule has 0 aromatic rings. The van der Waals surface area contributed by atoms with Crippen LogP contribution in [-0.4, -0.2) is 46.2 Å². The van der Waals surface area contributed by atoms with Gasteiger partial charge in [0.05, 0.1) is 0 Å². The van der Waals surface area contributed by atoms with E-state index in [0.29, 0.717) is 5.75 Å². The van der Waals surface area contributed by atoms with E-state index in [2.05, 4.69) is 0 Å². The van der Waals surface area contributed by atoms with Gasteiger partial charge < -0.3 is 9.84 Å². The van der Waals surface area contributed by atoms with Gasteiger partial charge in [-0.3, -0.25) is 9.69 Å². The number of carbonyl (C=O) groups is 2. The maximum atomic E-state index is 11.4. The summed E-state index contributed by atoms with van der Waals surface area (Å²) < 4.78 is 4.96. The number of fused-ring (bicyclic) bond motifs is 1. The average Bonchev–Trinajstić information content (AvgIpc) is 2.16. The van der Waals surface area contributed by atoms with Crippen LogP contribution in [0, 0.1) is 0 Å². The van der Waals surface area contributed by atoms with E-state index < -0.39 is 12.1 Å². The summed E-state index contributed by atoms with van der Waals surface area (Å²) in [6.07, 6.45) is 1.07. The first kappa shape index (κ1) is 9.54. The third-order valence-electron chi connectivity index (χ3n) is 2.27. The van der Waals surface area contributed by atoms with Gasteiger partial charge in [-0.05, 0) is 6.08 Å². The Kier molecular flexibility index (Phi) is 2.24. The monoisotopic (exact) mass is 215 g/mol. The first-order valence-electron chi connectivity index (χ1n) is 4.07. The van der Waals surface area contributed by atoms with Crippen molar-refractivity contribution >= 4 is 23.6 Å². The molecule has 0 unspecified atom stereocenters. The lowest BCUT2D eigenvalue weighted by Crippen LogP contribution is -2.65. The molecule has 2 rings (SSSR count). The number of amides is 1. The van der Waals surface area contributed by atoms with Gasteiger partial charge in [-0.2, -0.15) is 0 Å². The minimum atomic E-state index is -1.06. The van der Waals surface area contributed by atoms with E-state index in [1.54, 1.807) is 6.08 Å². The topological polar surface area (TPSA) is 66.8 Å². The van der Waals surface area contributed by atoms with Crippen LogP contribution in [0.1, 0.15) is 0 Å². The smallest absolute Gasteiger partial charge is 0.352 e. The Morgan fingerprint density at radius 2 is 2.50 bits per heavy atom. The number of thioether (sulfide) groups is 1. The molecule has 76 valence electrons. The molecule has 2 atom stereocenters. The molecule has 1 amide bonds. The molecule has 0 spiro atoms. The number of carbonyl (C=O) groups excluding carboxylic acids is 1. The second-order valence-corrected chi connectivity index (χ2v) is 4.13. The van der Waals surface area contributed by atoms with Gasteiger partial charge in [0.15, 0.2) is 6.10 Å². The minimum absolute atomic E-state index is 0.0760. The van der Waals surface area contributed by atoms with Crippen molar-refractivity contribution in [3.63, 3.8) is 0 Å². The third kappa shape index (κ3) is 1.14. The van der Waals surface area contributed by atoms with Gasteiger partial charge >= 0.3 is 5.97 Å². The normalized spacial score (nSPS) is 30.5. The summed E-state index contributed by atoms with van der Waals surface area (Å²) in [5, 5.41) is 8.66. The Morgan fingerprint density at radius 1 is 1.79 bits per heavy atom. The number of hydrogen-bond acceptors (Lipinski definition) is 4. The van der Waals surface area contributed by atoms with Crippen LogP contribution in [0.5, 0.6) is 0 Å². The molecule has 2 aliphatic rings. The summed E-state index contributed by atoms with van der Waals surface area (Å²) in [6.45, 7) is 0. The fraction of sp³-hybridized carbons (Fsp3) is 0.500. The van der Waals surface area contributed by atoms with E-state index in [9.17, 15) is 9.59 Å². The van der Waals surface area contributed by atoms with Crippen molar-refractivity contribution in [3.05, 3.63) is 11.8 Å². The van der Waals surface area contributed by atoms with Crippen molar-refractivity contribution in [2.75, 3.05) is 12.9 Å². The van der Waals surface area contributed by atoms with Gasteiger partial charge in [0.1, 0.15) is 11.1 Å². The summed E-state index contributed by atoms with van der Waals surface area (Å²) in [5.41, 5.74) is 0.0760. The van der Waals surface area contributed by atoms with E-state index in [4.69, 9.17) is 9.84 Å². The first-order valence-corrected chi connectivity index (χ1v) is 5.12.